The minimum atomic E-state index is -0.329. The van der Waals surface area contributed by atoms with E-state index in [1.165, 1.54) is 18.4 Å². The van der Waals surface area contributed by atoms with E-state index < -0.39 is 0 Å². The van der Waals surface area contributed by atoms with Gasteiger partial charge in [0.1, 0.15) is 6.17 Å². The van der Waals surface area contributed by atoms with Gasteiger partial charge in [-0.05, 0) is 66.6 Å². The Morgan fingerprint density at radius 1 is 1.17 bits per heavy atom. The van der Waals surface area contributed by atoms with Crippen LogP contribution in [-0.4, -0.2) is 12.5 Å². The lowest BCUT2D eigenvalue weighted by Gasteiger charge is -2.41. The van der Waals surface area contributed by atoms with Crippen LogP contribution in [0.3, 0.4) is 0 Å². The smallest absolute Gasteiger partial charge is 0.157 e. The molecule has 2 N–H and O–H groups in total. The van der Waals surface area contributed by atoms with Crippen LogP contribution in [-0.2, 0) is 10.3 Å². The molecule has 0 spiro atoms. The van der Waals surface area contributed by atoms with Crippen molar-refractivity contribution >= 4 is 23.6 Å². The number of carbonyl (C=O) groups excluding carboxylic acids is 1. The Morgan fingerprint density at radius 3 is 2.65 bits per heavy atom. The van der Waals surface area contributed by atoms with E-state index >= 15 is 0 Å². The number of hydrogen-bond donors (Lipinski definition) is 2. The Balaban J connectivity index is 1.82. The van der Waals surface area contributed by atoms with E-state index in [0.717, 1.165) is 28.1 Å². The molecule has 2 unspecified atom stereocenters. The molecule has 2 aromatic rings. The van der Waals surface area contributed by atoms with Gasteiger partial charge < -0.3 is 5.32 Å². The number of carbonyl (C=O) groups is 1. The number of benzene rings is 2. The van der Waals surface area contributed by atoms with Crippen LogP contribution in [0.4, 0.5) is 5.69 Å². The van der Waals surface area contributed by atoms with Crippen LogP contribution < -0.4 is 10.6 Å². The van der Waals surface area contributed by atoms with E-state index in [1.54, 1.807) is 0 Å². The van der Waals surface area contributed by atoms with Gasteiger partial charge in [0.2, 0.25) is 0 Å². The first-order valence-corrected chi connectivity index (χ1v) is 8.38. The first-order chi connectivity index (χ1) is 11.1. The lowest BCUT2D eigenvalue weighted by atomic mass is 9.82. The van der Waals surface area contributed by atoms with Crippen LogP contribution >= 0.6 is 11.6 Å². The van der Waals surface area contributed by atoms with Gasteiger partial charge in [0.15, 0.2) is 6.29 Å². The molecule has 118 valence electrons. The Bertz CT molecular complexity index is 772. The fourth-order valence-corrected chi connectivity index (χ4v) is 3.81. The van der Waals surface area contributed by atoms with Crippen LogP contribution in [0.2, 0.25) is 5.02 Å². The number of hydrogen-bond acceptors (Lipinski definition) is 3. The predicted octanol–water partition coefficient (Wildman–Crippen LogP) is 4.17. The van der Waals surface area contributed by atoms with E-state index in [4.69, 9.17) is 11.6 Å². The van der Waals surface area contributed by atoms with Gasteiger partial charge in [-0.3, -0.25) is 10.1 Å². The van der Waals surface area contributed by atoms with Crippen molar-refractivity contribution in [3.63, 3.8) is 0 Å². The summed E-state index contributed by atoms with van der Waals surface area (Å²) in [4.78, 5) is 11.3. The molecule has 0 aromatic heterocycles. The van der Waals surface area contributed by atoms with E-state index in [2.05, 4.69) is 41.8 Å². The summed E-state index contributed by atoms with van der Waals surface area (Å²) in [5.74, 6) is 0.584. The highest BCUT2D eigenvalue weighted by Crippen LogP contribution is 2.49. The summed E-state index contributed by atoms with van der Waals surface area (Å²) >= 11 is 6.13. The molecule has 2 atom stereocenters. The van der Waals surface area contributed by atoms with E-state index in [0.29, 0.717) is 5.92 Å². The highest BCUT2D eigenvalue weighted by molar-refractivity contribution is 6.30. The molecule has 0 saturated heterocycles. The van der Waals surface area contributed by atoms with Gasteiger partial charge in [0.05, 0.1) is 0 Å². The zero-order valence-corrected chi connectivity index (χ0v) is 13.7. The minimum Gasteiger partial charge on any atom is -0.364 e. The lowest BCUT2D eigenvalue weighted by molar-refractivity contribution is -0.109. The molecule has 0 radical (unpaired) electrons. The minimum absolute atomic E-state index is 0.166. The quantitative estimate of drug-likeness (QED) is 0.832. The molecule has 1 aliphatic carbocycles. The zero-order valence-electron chi connectivity index (χ0n) is 13.0. The van der Waals surface area contributed by atoms with Crippen molar-refractivity contribution in [2.24, 2.45) is 5.92 Å². The summed E-state index contributed by atoms with van der Waals surface area (Å²) in [7, 11) is 0. The van der Waals surface area contributed by atoms with Crippen LogP contribution in [0.5, 0.6) is 0 Å². The Kier molecular flexibility index (Phi) is 3.43. The molecule has 1 aliphatic heterocycles. The average molecular weight is 327 g/mol. The van der Waals surface area contributed by atoms with Crippen LogP contribution in [0, 0.1) is 5.92 Å². The molecule has 23 heavy (non-hydrogen) atoms. The van der Waals surface area contributed by atoms with Gasteiger partial charge in [-0.15, -0.1) is 0 Å². The second-order valence-corrected chi connectivity index (χ2v) is 7.09. The predicted molar refractivity (Wildman–Crippen MR) is 93.6 cm³/mol. The van der Waals surface area contributed by atoms with Crippen molar-refractivity contribution in [3.8, 4) is 11.1 Å². The molecular formula is C19H19ClN2O. The zero-order chi connectivity index (χ0) is 16.0. The summed E-state index contributed by atoms with van der Waals surface area (Å²) in [5, 5.41) is 7.49. The second kappa shape index (κ2) is 5.36. The standard InChI is InChI=1S/C19H19ClN2O/c1-19(14-6-7-14)16-10-13(12-3-2-4-15(20)9-12)5-8-17(16)21-18(11-23)22-19/h2-5,8-11,14,18,21-22H,6-7H2,1H3. The van der Waals surface area contributed by atoms with Crippen molar-refractivity contribution in [2.75, 3.05) is 5.32 Å². The van der Waals surface area contributed by atoms with Gasteiger partial charge >= 0.3 is 0 Å². The van der Waals surface area contributed by atoms with Gasteiger partial charge in [0.25, 0.3) is 0 Å². The molecule has 1 heterocycles. The molecule has 1 fully saturated rings. The largest absolute Gasteiger partial charge is 0.364 e. The van der Waals surface area contributed by atoms with Gasteiger partial charge in [-0.2, -0.15) is 0 Å². The normalized spacial score (nSPS) is 26.3. The number of fused-ring (bicyclic) bond motifs is 1. The monoisotopic (exact) mass is 326 g/mol. The Morgan fingerprint density at radius 2 is 1.96 bits per heavy atom. The molecular weight excluding hydrogens is 308 g/mol. The summed E-state index contributed by atoms with van der Waals surface area (Å²) < 4.78 is 0. The summed E-state index contributed by atoms with van der Waals surface area (Å²) in [5.41, 5.74) is 4.36. The second-order valence-electron chi connectivity index (χ2n) is 6.65. The van der Waals surface area contributed by atoms with Gasteiger partial charge in [-0.1, -0.05) is 29.8 Å². The third-order valence-corrected chi connectivity index (χ3v) is 5.27. The topological polar surface area (TPSA) is 41.1 Å². The SMILES string of the molecule is CC1(C2CC2)NC(C=O)Nc2ccc(-c3cccc(Cl)c3)cc21. The lowest BCUT2D eigenvalue weighted by Crippen LogP contribution is -2.55. The summed E-state index contributed by atoms with van der Waals surface area (Å²) in [6, 6.07) is 14.3. The molecule has 1 saturated carbocycles. The third kappa shape index (κ3) is 2.54. The molecule has 4 heteroatoms. The maximum Gasteiger partial charge on any atom is 0.157 e. The number of rotatable bonds is 3. The van der Waals surface area contributed by atoms with Crippen molar-refractivity contribution in [1.82, 2.24) is 5.32 Å². The average Bonchev–Trinajstić information content (AvgIpc) is 3.40. The summed E-state index contributed by atoms with van der Waals surface area (Å²) in [6.07, 6.45) is 3.02. The Labute approximate surface area is 141 Å². The first kappa shape index (κ1) is 14.7. The van der Waals surface area contributed by atoms with Crippen molar-refractivity contribution < 1.29 is 4.79 Å². The van der Waals surface area contributed by atoms with Crippen molar-refractivity contribution in [2.45, 2.75) is 31.5 Å². The molecule has 0 bridgehead atoms. The molecule has 4 rings (SSSR count). The molecule has 0 amide bonds. The van der Waals surface area contributed by atoms with Crippen molar-refractivity contribution in [1.29, 1.82) is 0 Å². The van der Waals surface area contributed by atoms with Crippen LogP contribution in [0.25, 0.3) is 11.1 Å². The van der Waals surface area contributed by atoms with E-state index in [1.807, 2.05) is 18.2 Å². The van der Waals surface area contributed by atoms with Gasteiger partial charge in [-0.25, -0.2) is 0 Å². The number of anilines is 1. The fraction of sp³-hybridized carbons (Fsp3) is 0.316. The first-order valence-electron chi connectivity index (χ1n) is 8.00. The maximum atomic E-state index is 11.3. The van der Waals surface area contributed by atoms with Gasteiger partial charge in [0, 0.05) is 16.2 Å². The fourth-order valence-electron chi connectivity index (χ4n) is 3.62. The maximum absolute atomic E-state index is 11.3. The number of halogens is 1. The highest BCUT2D eigenvalue weighted by Gasteiger charge is 2.47. The Hall–Kier alpha value is -1.84. The summed E-state index contributed by atoms with van der Waals surface area (Å²) in [6.45, 7) is 2.21. The number of nitrogens with one attached hydrogen (secondary N) is 2. The molecule has 3 nitrogen and oxygen atoms in total. The number of aldehydes is 1. The van der Waals surface area contributed by atoms with Crippen molar-refractivity contribution in [3.05, 3.63) is 53.1 Å². The van der Waals surface area contributed by atoms with Crippen LogP contribution in [0.1, 0.15) is 25.3 Å². The van der Waals surface area contributed by atoms with Crippen LogP contribution in [0.15, 0.2) is 42.5 Å². The molecule has 2 aromatic carbocycles. The van der Waals surface area contributed by atoms with E-state index in [-0.39, 0.29) is 11.7 Å². The molecule has 2 aliphatic rings. The van der Waals surface area contributed by atoms with E-state index in [9.17, 15) is 4.79 Å². The third-order valence-electron chi connectivity index (χ3n) is 5.03. The highest BCUT2D eigenvalue weighted by atomic mass is 35.5.